The van der Waals surface area contributed by atoms with Gasteiger partial charge in [-0.25, -0.2) is 9.18 Å². The second-order valence-electron chi connectivity index (χ2n) is 3.85. The molecule has 0 unspecified atom stereocenters. The Labute approximate surface area is 114 Å². The number of hydrogen-bond donors (Lipinski definition) is 1. The second-order valence-corrected chi connectivity index (χ2v) is 4.25. The quantitative estimate of drug-likeness (QED) is 0.929. The van der Waals surface area contributed by atoms with E-state index in [-0.39, 0.29) is 11.1 Å². The van der Waals surface area contributed by atoms with Gasteiger partial charge in [0.15, 0.2) is 0 Å². The lowest BCUT2D eigenvalue weighted by molar-refractivity contribution is 0.0696. The van der Waals surface area contributed by atoms with Crippen LogP contribution in [0.25, 0.3) is 11.1 Å². The standard InChI is InChI=1S/C14H10ClFO3/c1-19-9-3-5-12(15)11(7-9)10-4-2-8(14(17)18)6-13(10)16/h2-7H,1H3,(H,17,18). The Morgan fingerprint density at radius 2 is 1.95 bits per heavy atom. The van der Waals surface area contributed by atoms with Gasteiger partial charge >= 0.3 is 5.97 Å². The van der Waals surface area contributed by atoms with E-state index in [0.29, 0.717) is 16.3 Å². The van der Waals surface area contributed by atoms with Crippen molar-refractivity contribution in [1.82, 2.24) is 0 Å². The highest BCUT2D eigenvalue weighted by molar-refractivity contribution is 6.33. The van der Waals surface area contributed by atoms with Crippen molar-refractivity contribution in [3.8, 4) is 16.9 Å². The number of ether oxygens (including phenoxy) is 1. The maximum atomic E-state index is 13.9. The molecule has 1 N–H and O–H groups in total. The van der Waals surface area contributed by atoms with E-state index in [0.717, 1.165) is 6.07 Å². The average molecular weight is 281 g/mol. The van der Waals surface area contributed by atoms with Crippen LogP contribution in [0.1, 0.15) is 10.4 Å². The Morgan fingerprint density at radius 3 is 2.53 bits per heavy atom. The number of hydrogen-bond acceptors (Lipinski definition) is 2. The maximum Gasteiger partial charge on any atom is 0.335 e. The van der Waals surface area contributed by atoms with Crippen LogP contribution < -0.4 is 4.74 Å². The minimum atomic E-state index is -1.18. The lowest BCUT2D eigenvalue weighted by Gasteiger charge is -2.09. The van der Waals surface area contributed by atoms with Crippen molar-refractivity contribution in [3.63, 3.8) is 0 Å². The SMILES string of the molecule is COc1ccc(Cl)c(-c2ccc(C(=O)O)cc2F)c1. The zero-order valence-electron chi connectivity index (χ0n) is 9.98. The molecule has 0 fully saturated rings. The maximum absolute atomic E-state index is 13.9. The number of carboxylic acid groups (broad SMARTS) is 1. The van der Waals surface area contributed by atoms with Gasteiger partial charge in [0.2, 0.25) is 0 Å². The molecule has 0 spiro atoms. The number of carbonyl (C=O) groups is 1. The topological polar surface area (TPSA) is 46.5 Å². The lowest BCUT2D eigenvalue weighted by atomic mass is 10.0. The van der Waals surface area contributed by atoms with Crippen LogP contribution in [0.5, 0.6) is 5.75 Å². The van der Waals surface area contributed by atoms with Gasteiger partial charge in [-0.3, -0.25) is 0 Å². The molecule has 2 aromatic carbocycles. The van der Waals surface area contributed by atoms with E-state index in [1.165, 1.54) is 19.2 Å². The molecular formula is C14H10ClFO3. The summed E-state index contributed by atoms with van der Waals surface area (Å²) in [7, 11) is 1.50. The largest absolute Gasteiger partial charge is 0.497 e. The summed E-state index contributed by atoms with van der Waals surface area (Å²) in [4.78, 5) is 10.8. The first-order valence-corrected chi connectivity index (χ1v) is 5.77. The first-order chi connectivity index (χ1) is 9.02. The van der Waals surface area contributed by atoms with E-state index >= 15 is 0 Å². The monoisotopic (exact) mass is 280 g/mol. The zero-order chi connectivity index (χ0) is 14.0. The van der Waals surface area contributed by atoms with Gasteiger partial charge in [0.05, 0.1) is 12.7 Å². The summed E-state index contributed by atoms with van der Waals surface area (Å²) in [5.41, 5.74) is 0.574. The van der Waals surface area contributed by atoms with Crippen molar-refractivity contribution in [1.29, 1.82) is 0 Å². The van der Waals surface area contributed by atoms with Crippen LogP contribution in [0, 0.1) is 5.82 Å². The summed E-state index contributed by atoms with van der Waals surface area (Å²) >= 11 is 6.02. The summed E-state index contributed by atoms with van der Waals surface area (Å²) in [6, 6.07) is 8.54. The van der Waals surface area contributed by atoms with Crippen molar-refractivity contribution in [3.05, 3.63) is 52.8 Å². The minimum Gasteiger partial charge on any atom is -0.497 e. The average Bonchev–Trinajstić information content (AvgIpc) is 2.39. The van der Waals surface area contributed by atoms with Crippen molar-refractivity contribution in [2.24, 2.45) is 0 Å². The lowest BCUT2D eigenvalue weighted by Crippen LogP contribution is -1.98. The molecule has 0 bridgehead atoms. The van der Waals surface area contributed by atoms with E-state index < -0.39 is 11.8 Å². The van der Waals surface area contributed by atoms with Crippen LogP contribution in [0.3, 0.4) is 0 Å². The van der Waals surface area contributed by atoms with Crippen LogP contribution in [0.4, 0.5) is 4.39 Å². The first-order valence-electron chi connectivity index (χ1n) is 5.39. The van der Waals surface area contributed by atoms with E-state index in [2.05, 4.69) is 0 Å². The van der Waals surface area contributed by atoms with Crippen LogP contribution >= 0.6 is 11.6 Å². The molecule has 0 atom stereocenters. The van der Waals surface area contributed by atoms with Gasteiger partial charge in [-0.2, -0.15) is 0 Å². The molecule has 0 heterocycles. The smallest absolute Gasteiger partial charge is 0.335 e. The van der Waals surface area contributed by atoms with Crippen molar-refractivity contribution in [2.75, 3.05) is 7.11 Å². The molecular weight excluding hydrogens is 271 g/mol. The zero-order valence-corrected chi connectivity index (χ0v) is 10.7. The van der Waals surface area contributed by atoms with Crippen molar-refractivity contribution < 1.29 is 19.0 Å². The summed E-state index contributed by atoms with van der Waals surface area (Å²) < 4.78 is 19.0. The molecule has 2 rings (SSSR count). The van der Waals surface area contributed by atoms with E-state index in [1.54, 1.807) is 18.2 Å². The van der Waals surface area contributed by atoms with Gasteiger partial charge in [0.25, 0.3) is 0 Å². The van der Waals surface area contributed by atoms with E-state index in [1.807, 2.05) is 0 Å². The van der Waals surface area contributed by atoms with E-state index in [9.17, 15) is 9.18 Å². The summed E-state index contributed by atoms with van der Waals surface area (Å²) in [5, 5.41) is 9.16. The highest BCUT2D eigenvalue weighted by Gasteiger charge is 2.13. The number of benzene rings is 2. The third kappa shape index (κ3) is 2.69. The number of aromatic carboxylic acids is 1. The molecule has 0 amide bonds. The second kappa shape index (κ2) is 5.28. The molecule has 0 aliphatic rings. The molecule has 0 aliphatic carbocycles. The molecule has 0 aromatic heterocycles. The molecule has 5 heteroatoms. The number of rotatable bonds is 3. The highest BCUT2D eigenvalue weighted by atomic mass is 35.5. The first kappa shape index (κ1) is 13.4. The fourth-order valence-electron chi connectivity index (χ4n) is 1.70. The van der Waals surface area contributed by atoms with Crippen molar-refractivity contribution in [2.45, 2.75) is 0 Å². The Morgan fingerprint density at radius 1 is 1.21 bits per heavy atom. The molecule has 0 radical (unpaired) electrons. The summed E-state index contributed by atoms with van der Waals surface area (Å²) in [6.45, 7) is 0. The van der Waals surface area contributed by atoms with Gasteiger partial charge in [0, 0.05) is 16.1 Å². The summed E-state index contributed by atoms with van der Waals surface area (Å²) in [6.07, 6.45) is 0. The Bertz CT molecular complexity index is 641. The predicted molar refractivity (Wildman–Crippen MR) is 70.4 cm³/mol. The number of halogens is 2. The van der Waals surface area contributed by atoms with Gasteiger partial charge < -0.3 is 9.84 Å². The van der Waals surface area contributed by atoms with Crippen LogP contribution in [0.15, 0.2) is 36.4 Å². The minimum absolute atomic E-state index is 0.111. The van der Waals surface area contributed by atoms with E-state index in [4.69, 9.17) is 21.4 Å². The fraction of sp³-hybridized carbons (Fsp3) is 0.0714. The molecule has 0 saturated carbocycles. The van der Waals surface area contributed by atoms with Gasteiger partial charge in [-0.05, 0) is 30.3 Å². The normalized spacial score (nSPS) is 10.3. The van der Waals surface area contributed by atoms with Crippen LogP contribution in [0.2, 0.25) is 5.02 Å². The van der Waals surface area contributed by atoms with Gasteiger partial charge in [0.1, 0.15) is 11.6 Å². The molecule has 98 valence electrons. The molecule has 0 saturated heterocycles. The van der Waals surface area contributed by atoms with Crippen LogP contribution in [-0.4, -0.2) is 18.2 Å². The third-order valence-electron chi connectivity index (χ3n) is 2.68. The summed E-state index contributed by atoms with van der Waals surface area (Å²) in [5.74, 6) is -1.28. The van der Waals surface area contributed by atoms with Gasteiger partial charge in [-0.15, -0.1) is 0 Å². The number of carboxylic acids is 1. The molecule has 3 nitrogen and oxygen atoms in total. The fourth-order valence-corrected chi connectivity index (χ4v) is 1.92. The molecule has 0 aliphatic heterocycles. The Kier molecular flexibility index (Phi) is 3.71. The Balaban J connectivity index is 2.56. The van der Waals surface area contributed by atoms with Crippen LogP contribution in [-0.2, 0) is 0 Å². The van der Waals surface area contributed by atoms with Crippen molar-refractivity contribution >= 4 is 17.6 Å². The molecule has 19 heavy (non-hydrogen) atoms. The Hall–Kier alpha value is -2.07. The molecule has 2 aromatic rings. The number of methoxy groups -OCH3 is 1. The highest BCUT2D eigenvalue weighted by Crippen LogP contribution is 2.33. The third-order valence-corrected chi connectivity index (χ3v) is 3.01. The van der Waals surface area contributed by atoms with Gasteiger partial charge in [-0.1, -0.05) is 17.7 Å². The predicted octanol–water partition coefficient (Wildman–Crippen LogP) is 3.85.